The predicted octanol–water partition coefficient (Wildman–Crippen LogP) is 4.15. The second-order valence-electron chi connectivity index (χ2n) is 5.92. The zero-order valence-electron chi connectivity index (χ0n) is 14.2. The van der Waals surface area contributed by atoms with E-state index in [9.17, 15) is 10.1 Å². The summed E-state index contributed by atoms with van der Waals surface area (Å²) >= 11 is 0. The number of aromatic nitrogens is 2. The standard InChI is InChI=1S/C17H23N5O2/c1-4-13-7-5-6-8-14(13)21-17-15(22(23)24)16(19-11-20-17)18-10-9-12(2)3/h5-8,11-12H,4,9-10H2,1-3H3,(H2,18,19,20,21). The van der Waals surface area contributed by atoms with E-state index in [0.717, 1.165) is 24.1 Å². The number of aryl methyl sites for hydroxylation is 1. The highest BCUT2D eigenvalue weighted by molar-refractivity contribution is 5.74. The Balaban J connectivity index is 2.30. The molecule has 1 aromatic carbocycles. The molecule has 1 heterocycles. The van der Waals surface area contributed by atoms with Crippen LogP contribution in [0, 0.1) is 16.0 Å². The van der Waals surface area contributed by atoms with E-state index >= 15 is 0 Å². The lowest BCUT2D eigenvalue weighted by atomic mass is 10.1. The largest absolute Gasteiger partial charge is 0.364 e. The van der Waals surface area contributed by atoms with Gasteiger partial charge in [-0.05, 0) is 30.4 Å². The van der Waals surface area contributed by atoms with Crippen LogP contribution in [0.1, 0.15) is 32.8 Å². The van der Waals surface area contributed by atoms with Crippen molar-refractivity contribution in [2.75, 3.05) is 17.2 Å². The van der Waals surface area contributed by atoms with Gasteiger partial charge in [-0.3, -0.25) is 10.1 Å². The van der Waals surface area contributed by atoms with Crippen molar-refractivity contribution in [1.29, 1.82) is 0 Å². The van der Waals surface area contributed by atoms with E-state index in [-0.39, 0.29) is 17.3 Å². The third-order valence-corrected chi connectivity index (χ3v) is 3.67. The Kier molecular flexibility index (Phi) is 6.06. The van der Waals surface area contributed by atoms with E-state index in [2.05, 4.69) is 34.4 Å². The van der Waals surface area contributed by atoms with E-state index in [1.807, 2.05) is 31.2 Å². The van der Waals surface area contributed by atoms with Gasteiger partial charge in [0, 0.05) is 12.2 Å². The fourth-order valence-corrected chi connectivity index (χ4v) is 2.33. The van der Waals surface area contributed by atoms with Crippen LogP contribution >= 0.6 is 0 Å². The topological polar surface area (TPSA) is 93.0 Å². The van der Waals surface area contributed by atoms with E-state index in [1.165, 1.54) is 6.33 Å². The Hall–Kier alpha value is -2.70. The van der Waals surface area contributed by atoms with Crippen molar-refractivity contribution in [3.8, 4) is 0 Å². The van der Waals surface area contributed by atoms with Gasteiger partial charge >= 0.3 is 5.69 Å². The number of nitro groups is 1. The van der Waals surface area contributed by atoms with Gasteiger partial charge in [-0.15, -0.1) is 0 Å². The molecule has 1 aromatic heterocycles. The maximum absolute atomic E-state index is 11.5. The molecule has 0 unspecified atom stereocenters. The van der Waals surface area contributed by atoms with Crippen molar-refractivity contribution < 1.29 is 4.92 Å². The summed E-state index contributed by atoms with van der Waals surface area (Å²) in [5.74, 6) is 0.947. The highest BCUT2D eigenvalue weighted by atomic mass is 16.6. The fourth-order valence-electron chi connectivity index (χ4n) is 2.33. The number of hydrogen-bond acceptors (Lipinski definition) is 6. The maximum Gasteiger partial charge on any atom is 0.353 e. The van der Waals surface area contributed by atoms with E-state index in [1.54, 1.807) is 0 Å². The molecule has 0 radical (unpaired) electrons. The van der Waals surface area contributed by atoms with Crippen LogP contribution in [0.3, 0.4) is 0 Å². The van der Waals surface area contributed by atoms with E-state index < -0.39 is 4.92 Å². The molecule has 0 aliphatic carbocycles. The average Bonchev–Trinajstić information content (AvgIpc) is 2.55. The molecule has 128 valence electrons. The Morgan fingerprint density at radius 3 is 2.58 bits per heavy atom. The van der Waals surface area contributed by atoms with Crippen molar-refractivity contribution in [2.24, 2.45) is 5.92 Å². The molecule has 0 aliphatic rings. The molecule has 0 fully saturated rings. The highest BCUT2D eigenvalue weighted by Gasteiger charge is 2.23. The first-order valence-electron chi connectivity index (χ1n) is 8.11. The minimum absolute atomic E-state index is 0.132. The number of anilines is 3. The molecule has 0 bridgehead atoms. The molecule has 0 saturated heterocycles. The molecule has 0 aliphatic heterocycles. The monoisotopic (exact) mass is 329 g/mol. The first-order chi connectivity index (χ1) is 11.5. The second-order valence-corrected chi connectivity index (χ2v) is 5.92. The zero-order valence-corrected chi connectivity index (χ0v) is 14.2. The SMILES string of the molecule is CCc1ccccc1Nc1ncnc(NCCC(C)C)c1[N+](=O)[O-]. The molecule has 2 rings (SSSR count). The lowest BCUT2D eigenvalue weighted by Gasteiger charge is -2.12. The molecular weight excluding hydrogens is 306 g/mol. The summed E-state index contributed by atoms with van der Waals surface area (Å²) in [6.07, 6.45) is 3.06. The summed E-state index contributed by atoms with van der Waals surface area (Å²) in [6, 6.07) is 7.70. The maximum atomic E-state index is 11.5. The average molecular weight is 329 g/mol. The van der Waals surface area contributed by atoms with Gasteiger partial charge in [-0.1, -0.05) is 39.0 Å². The summed E-state index contributed by atoms with van der Waals surface area (Å²) in [4.78, 5) is 19.2. The third kappa shape index (κ3) is 4.41. The van der Waals surface area contributed by atoms with Gasteiger partial charge in [0.15, 0.2) is 0 Å². The molecule has 0 amide bonds. The van der Waals surface area contributed by atoms with Crippen LogP contribution in [0.25, 0.3) is 0 Å². The molecule has 7 nitrogen and oxygen atoms in total. The lowest BCUT2D eigenvalue weighted by molar-refractivity contribution is -0.383. The Labute approximate surface area is 141 Å². The van der Waals surface area contributed by atoms with Crippen LogP contribution in [0.5, 0.6) is 0 Å². The highest BCUT2D eigenvalue weighted by Crippen LogP contribution is 2.32. The van der Waals surface area contributed by atoms with Crippen molar-refractivity contribution in [3.63, 3.8) is 0 Å². The fraction of sp³-hybridized carbons (Fsp3) is 0.412. The number of nitrogens with one attached hydrogen (secondary N) is 2. The summed E-state index contributed by atoms with van der Waals surface area (Å²) < 4.78 is 0. The Bertz CT molecular complexity index is 703. The van der Waals surface area contributed by atoms with Gasteiger partial charge in [0.1, 0.15) is 6.33 Å². The molecule has 0 atom stereocenters. The van der Waals surface area contributed by atoms with E-state index in [0.29, 0.717) is 12.5 Å². The molecule has 24 heavy (non-hydrogen) atoms. The summed E-state index contributed by atoms with van der Waals surface area (Å²) in [5, 5.41) is 17.7. The van der Waals surface area contributed by atoms with Crippen LogP contribution in [0.2, 0.25) is 0 Å². The quantitative estimate of drug-likeness (QED) is 0.558. The molecule has 0 spiro atoms. The number of nitrogens with zero attached hydrogens (tertiary/aromatic N) is 3. The number of rotatable bonds is 8. The van der Waals surface area contributed by atoms with E-state index in [4.69, 9.17) is 0 Å². The van der Waals surface area contributed by atoms with Gasteiger partial charge in [0.2, 0.25) is 11.6 Å². The van der Waals surface area contributed by atoms with Crippen molar-refractivity contribution in [2.45, 2.75) is 33.6 Å². The summed E-state index contributed by atoms with van der Waals surface area (Å²) in [7, 11) is 0. The van der Waals surface area contributed by atoms with Crippen LogP contribution < -0.4 is 10.6 Å². The Morgan fingerprint density at radius 2 is 1.92 bits per heavy atom. The van der Waals surface area contributed by atoms with Crippen molar-refractivity contribution in [1.82, 2.24) is 9.97 Å². The molecule has 7 heteroatoms. The Morgan fingerprint density at radius 1 is 1.21 bits per heavy atom. The van der Waals surface area contributed by atoms with Crippen LogP contribution in [-0.4, -0.2) is 21.4 Å². The number of hydrogen-bond donors (Lipinski definition) is 2. The minimum atomic E-state index is -0.450. The molecular formula is C17H23N5O2. The summed E-state index contributed by atoms with van der Waals surface area (Å²) in [6.45, 7) is 6.86. The number of benzene rings is 1. The van der Waals surface area contributed by atoms with Gasteiger partial charge in [0.05, 0.1) is 4.92 Å². The molecule has 2 N–H and O–H groups in total. The van der Waals surface area contributed by atoms with Crippen molar-refractivity contribution >= 4 is 23.0 Å². The minimum Gasteiger partial charge on any atom is -0.364 e. The van der Waals surface area contributed by atoms with Crippen molar-refractivity contribution in [3.05, 3.63) is 46.3 Å². The van der Waals surface area contributed by atoms with Gasteiger partial charge in [-0.2, -0.15) is 0 Å². The number of para-hydroxylation sites is 1. The van der Waals surface area contributed by atoms with Gasteiger partial charge < -0.3 is 10.6 Å². The zero-order chi connectivity index (χ0) is 17.5. The normalized spacial score (nSPS) is 10.7. The second kappa shape index (κ2) is 8.24. The summed E-state index contributed by atoms with van der Waals surface area (Å²) in [5.41, 5.74) is 1.75. The lowest BCUT2D eigenvalue weighted by Crippen LogP contribution is -2.10. The third-order valence-electron chi connectivity index (χ3n) is 3.67. The van der Waals surface area contributed by atoms with Crippen LogP contribution in [0.4, 0.5) is 23.0 Å². The predicted molar refractivity (Wildman–Crippen MR) is 95.7 cm³/mol. The molecule has 0 saturated carbocycles. The van der Waals surface area contributed by atoms with Crippen LogP contribution in [0.15, 0.2) is 30.6 Å². The molecule has 2 aromatic rings. The van der Waals surface area contributed by atoms with Gasteiger partial charge in [0.25, 0.3) is 0 Å². The smallest absolute Gasteiger partial charge is 0.353 e. The first-order valence-corrected chi connectivity index (χ1v) is 8.11. The van der Waals surface area contributed by atoms with Gasteiger partial charge in [-0.25, -0.2) is 9.97 Å². The first kappa shape index (κ1) is 17.7. The van der Waals surface area contributed by atoms with Crippen LogP contribution in [-0.2, 0) is 6.42 Å².